The van der Waals surface area contributed by atoms with E-state index < -0.39 is 0 Å². The highest BCUT2D eigenvalue weighted by Gasteiger charge is 2.59. The normalized spacial score (nSPS) is 46.5. The summed E-state index contributed by atoms with van der Waals surface area (Å²) in [5, 5.41) is 10.2. The Kier molecular flexibility index (Phi) is 5.80. The van der Waals surface area contributed by atoms with Crippen LogP contribution in [0.5, 0.6) is 0 Å². The third-order valence-corrected chi connectivity index (χ3v) is 10.3. The number of fused-ring (bicyclic) bond motifs is 5. The van der Waals surface area contributed by atoms with Crippen LogP contribution in [0.4, 0.5) is 0 Å². The van der Waals surface area contributed by atoms with Gasteiger partial charge in [0, 0.05) is 0 Å². The van der Waals surface area contributed by atoms with Crippen LogP contribution in [0, 0.1) is 46.3 Å². The van der Waals surface area contributed by atoms with Gasteiger partial charge in [-0.25, -0.2) is 0 Å². The lowest BCUT2D eigenvalue weighted by atomic mass is 9.51. The van der Waals surface area contributed by atoms with E-state index in [1.54, 1.807) is 5.57 Å². The Labute approximate surface area is 174 Å². The molecule has 0 amide bonds. The fourth-order valence-corrected chi connectivity index (χ4v) is 8.67. The molecule has 4 rings (SSSR count). The third kappa shape index (κ3) is 3.42. The summed E-state index contributed by atoms with van der Waals surface area (Å²) in [6, 6.07) is 0. The van der Waals surface area contributed by atoms with Gasteiger partial charge in [0.25, 0.3) is 0 Å². The molecule has 3 fully saturated rings. The molecule has 8 atom stereocenters. The first-order valence-electron chi connectivity index (χ1n) is 12.6. The van der Waals surface area contributed by atoms with E-state index in [0.29, 0.717) is 10.8 Å². The topological polar surface area (TPSA) is 20.2 Å². The summed E-state index contributed by atoms with van der Waals surface area (Å²) in [6.45, 7) is 12.6. The highest BCUT2D eigenvalue weighted by molar-refractivity contribution is 5.25. The number of hydrogen-bond donors (Lipinski definition) is 1. The molecule has 1 heteroatoms. The van der Waals surface area contributed by atoms with E-state index in [1.165, 1.54) is 57.8 Å². The van der Waals surface area contributed by atoms with E-state index in [0.717, 1.165) is 48.3 Å². The molecular weight excluding hydrogens is 348 g/mol. The van der Waals surface area contributed by atoms with Gasteiger partial charge in [-0.3, -0.25) is 0 Å². The van der Waals surface area contributed by atoms with Crippen molar-refractivity contribution in [2.45, 2.75) is 111 Å². The van der Waals surface area contributed by atoms with E-state index in [2.05, 4.69) is 40.7 Å². The van der Waals surface area contributed by atoms with Crippen molar-refractivity contribution in [1.29, 1.82) is 0 Å². The van der Waals surface area contributed by atoms with Gasteiger partial charge in [-0.15, -0.1) is 0 Å². The number of allylic oxidation sites excluding steroid dienone is 1. The molecule has 0 bridgehead atoms. The van der Waals surface area contributed by atoms with Gasteiger partial charge in [-0.2, -0.15) is 0 Å². The highest BCUT2D eigenvalue weighted by Crippen LogP contribution is 2.67. The fourth-order valence-electron chi connectivity index (χ4n) is 8.67. The van der Waals surface area contributed by atoms with E-state index in [1.807, 2.05) is 0 Å². The second kappa shape index (κ2) is 7.75. The van der Waals surface area contributed by atoms with Crippen molar-refractivity contribution in [3.8, 4) is 0 Å². The Morgan fingerprint density at radius 3 is 2.68 bits per heavy atom. The first kappa shape index (κ1) is 21.0. The summed E-state index contributed by atoms with van der Waals surface area (Å²) in [6.07, 6.45) is 17.2. The molecule has 160 valence electrons. The lowest BCUT2D eigenvalue weighted by Crippen LogP contribution is -2.50. The van der Waals surface area contributed by atoms with Crippen molar-refractivity contribution in [2.24, 2.45) is 46.3 Å². The summed E-state index contributed by atoms with van der Waals surface area (Å²) in [7, 11) is 0. The number of aliphatic hydroxyl groups is 1. The third-order valence-electron chi connectivity index (χ3n) is 10.3. The molecule has 0 spiro atoms. The molecule has 0 aromatic heterocycles. The van der Waals surface area contributed by atoms with Crippen LogP contribution in [0.3, 0.4) is 0 Å². The maximum absolute atomic E-state index is 10.2. The quantitative estimate of drug-likeness (QED) is 0.482. The summed E-state index contributed by atoms with van der Waals surface area (Å²) in [5.41, 5.74) is 2.60. The second-order valence-electron chi connectivity index (χ2n) is 12.2. The van der Waals surface area contributed by atoms with Gasteiger partial charge in [0.15, 0.2) is 0 Å². The van der Waals surface area contributed by atoms with Crippen LogP contribution >= 0.6 is 0 Å². The maximum atomic E-state index is 10.2. The summed E-state index contributed by atoms with van der Waals surface area (Å²) < 4.78 is 0. The largest absolute Gasteiger partial charge is 0.393 e. The number of hydrogen-bond acceptors (Lipinski definition) is 1. The van der Waals surface area contributed by atoms with Crippen LogP contribution in [0.2, 0.25) is 0 Å². The molecule has 0 aromatic rings. The van der Waals surface area contributed by atoms with Gasteiger partial charge >= 0.3 is 0 Å². The molecule has 0 radical (unpaired) electrons. The van der Waals surface area contributed by atoms with Gasteiger partial charge in [0.1, 0.15) is 0 Å². The Balaban J connectivity index is 1.49. The first-order valence-corrected chi connectivity index (χ1v) is 12.6. The Bertz CT molecular complexity index is 591. The molecule has 28 heavy (non-hydrogen) atoms. The molecule has 4 aliphatic rings. The zero-order chi connectivity index (χ0) is 20.1. The zero-order valence-corrected chi connectivity index (χ0v) is 19.3. The van der Waals surface area contributed by atoms with E-state index in [4.69, 9.17) is 0 Å². The number of aliphatic hydroxyl groups excluding tert-OH is 1. The number of rotatable bonds is 5. The molecular formula is C27H46O. The Hall–Kier alpha value is -0.300. The molecule has 0 saturated heterocycles. The van der Waals surface area contributed by atoms with Gasteiger partial charge in [0.05, 0.1) is 6.10 Å². The van der Waals surface area contributed by atoms with Crippen LogP contribution < -0.4 is 0 Å². The minimum atomic E-state index is -0.0766. The minimum Gasteiger partial charge on any atom is -0.393 e. The van der Waals surface area contributed by atoms with Crippen LogP contribution in [-0.2, 0) is 0 Å². The monoisotopic (exact) mass is 394 g/mol. The molecule has 4 aliphatic carbocycles. The van der Waals surface area contributed by atoms with Crippen molar-refractivity contribution in [3.63, 3.8) is 0 Å². The fraction of sp³-hybridized carbons (Fsp3) is 0.926. The van der Waals surface area contributed by atoms with E-state index in [9.17, 15) is 5.11 Å². The van der Waals surface area contributed by atoms with Gasteiger partial charge in [-0.1, -0.05) is 65.5 Å². The maximum Gasteiger partial charge on any atom is 0.0577 e. The van der Waals surface area contributed by atoms with E-state index in [-0.39, 0.29) is 6.10 Å². The molecule has 1 nitrogen and oxygen atoms in total. The lowest BCUT2D eigenvalue weighted by molar-refractivity contribution is -0.0573. The Morgan fingerprint density at radius 1 is 1.14 bits per heavy atom. The molecule has 0 unspecified atom stereocenters. The van der Waals surface area contributed by atoms with Crippen LogP contribution in [-0.4, -0.2) is 11.2 Å². The molecule has 0 heterocycles. The predicted molar refractivity (Wildman–Crippen MR) is 119 cm³/mol. The second-order valence-corrected chi connectivity index (χ2v) is 12.2. The van der Waals surface area contributed by atoms with E-state index >= 15 is 0 Å². The SMILES string of the molecule is CC(C)CCC[C@@H](C)[C@H]1CC[C@H]2[C@@H]3CC=C4[14CH2][14C@@H](O)[14CH2][14CH2][C@]4(C)[C@H]3CC[C@]12C. The predicted octanol–water partition coefficient (Wildman–Crippen LogP) is 7.39. The lowest BCUT2D eigenvalue weighted by Gasteiger charge is -2.58. The average molecular weight is 395 g/mol. The summed E-state index contributed by atoms with van der Waals surface area (Å²) in [5.74, 6) is 5.46. The van der Waals surface area contributed by atoms with Gasteiger partial charge < -0.3 is 5.11 Å². The molecule has 0 aromatic carbocycles. The summed E-state index contributed by atoms with van der Waals surface area (Å²) in [4.78, 5) is 0. The van der Waals surface area contributed by atoms with Crippen LogP contribution in [0.1, 0.15) is 105 Å². The highest BCUT2D eigenvalue weighted by atomic mass is 16.6. The Morgan fingerprint density at radius 2 is 1.93 bits per heavy atom. The van der Waals surface area contributed by atoms with Crippen LogP contribution in [0.25, 0.3) is 0 Å². The molecule has 0 aliphatic heterocycles. The van der Waals surface area contributed by atoms with Crippen molar-refractivity contribution in [2.75, 3.05) is 0 Å². The van der Waals surface area contributed by atoms with Crippen molar-refractivity contribution in [3.05, 3.63) is 11.6 Å². The van der Waals surface area contributed by atoms with Crippen molar-refractivity contribution >= 4 is 0 Å². The standard InChI is InChI=1S/C27H46O/c1-18(2)7-6-8-19(3)23-11-12-24-22-10-9-20-17-21(28)13-15-26(20,4)25(22)14-16-27(23,24)5/h9,18-19,21-25,28H,6-8,10-17H2,1-5H3/t19-,21+,22+,23-,24+,25+,26+,27-/m1/s1/i13+2,15+2,17+2,21+2. The minimum absolute atomic E-state index is 0.0766. The first-order chi connectivity index (χ1) is 13.3. The van der Waals surface area contributed by atoms with Gasteiger partial charge in [0.2, 0.25) is 0 Å². The summed E-state index contributed by atoms with van der Waals surface area (Å²) >= 11 is 0. The molecule has 1 N–H and O–H groups in total. The van der Waals surface area contributed by atoms with Crippen molar-refractivity contribution in [1.82, 2.24) is 0 Å². The van der Waals surface area contributed by atoms with Crippen LogP contribution in [0.15, 0.2) is 11.6 Å². The van der Waals surface area contributed by atoms with Gasteiger partial charge in [-0.05, 0) is 97.7 Å². The zero-order valence-electron chi connectivity index (χ0n) is 19.3. The average Bonchev–Trinajstić information content (AvgIpc) is 2.99. The smallest absolute Gasteiger partial charge is 0.0577 e. The molecule has 3 saturated carbocycles. The van der Waals surface area contributed by atoms with Crippen molar-refractivity contribution < 1.29 is 5.11 Å².